The molecular weight excluding hydrogens is 160 g/mol. The number of nitrogens with zero attached hydrogens (tertiary/aromatic N) is 2. The van der Waals surface area contributed by atoms with Crippen LogP contribution in [0.4, 0.5) is 5.69 Å². The molecule has 0 fully saturated rings. The molecule has 0 saturated carbocycles. The summed E-state index contributed by atoms with van der Waals surface area (Å²) in [5, 5.41) is 8.67. The van der Waals surface area contributed by atoms with Crippen molar-refractivity contribution in [2.24, 2.45) is 0 Å². The van der Waals surface area contributed by atoms with Gasteiger partial charge in [0.05, 0.1) is 6.07 Å². The highest BCUT2D eigenvalue weighted by Gasteiger charge is 2.24. The maximum Gasteiger partial charge on any atom is 0.0628 e. The van der Waals surface area contributed by atoms with Crippen molar-refractivity contribution >= 4 is 5.69 Å². The highest BCUT2D eigenvalue weighted by atomic mass is 15.1. The molecule has 1 aliphatic rings. The summed E-state index contributed by atoms with van der Waals surface area (Å²) in [4.78, 5) is 2.22. The molecule has 13 heavy (non-hydrogen) atoms. The van der Waals surface area contributed by atoms with Crippen LogP contribution in [0.15, 0.2) is 24.3 Å². The first-order valence-corrected chi connectivity index (χ1v) is 4.50. The first kappa shape index (κ1) is 8.12. The molecule has 1 heterocycles. The van der Waals surface area contributed by atoms with Crippen molar-refractivity contribution in [3.8, 4) is 6.07 Å². The molecule has 1 aromatic rings. The third kappa shape index (κ3) is 1.27. The first-order valence-electron chi connectivity index (χ1n) is 4.50. The fraction of sp³-hybridized carbons (Fsp3) is 0.364. The third-order valence-corrected chi connectivity index (χ3v) is 2.62. The first-order chi connectivity index (χ1) is 6.33. The number of hydrogen-bond donors (Lipinski definition) is 0. The minimum atomic E-state index is 0.409. The van der Waals surface area contributed by atoms with Gasteiger partial charge < -0.3 is 4.90 Å². The van der Waals surface area contributed by atoms with Crippen molar-refractivity contribution in [1.82, 2.24) is 0 Å². The quantitative estimate of drug-likeness (QED) is 0.649. The Balaban J connectivity index is 2.37. The Bertz CT molecular complexity index is 351. The Morgan fingerprint density at radius 3 is 3.08 bits per heavy atom. The van der Waals surface area contributed by atoms with Crippen molar-refractivity contribution in [2.75, 3.05) is 18.5 Å². The predicted octanol–water partition coefficient (Wildman–Crippen LogP) is 2.13. The summed E-state index contributed by atoms with van der Waals surface area (Å²) >= 11 is 0. The van der Waals surface area contributed by atoms with E-state index >= 15 is 0 Å². The number of hydrogen-bond acceptors (Lipinski definition) is 2. The van der Waals surface area contributed by atoms with Gasteiger partial charge in [0.2, 0.25) is 0 Å². The second kappa shape index (κ2) is 3.10. The zero-order chi connectivity index (χ0) is 9.26. The zero-order valence-corrected chi connectivity index (χ0v) is 7.70. The van der Waals surface area contributed by atoms with Crippen LogP contribution in [0.3, 0.4) is 0 Å². The van der Waals surface area contributed by atoms with Gasteiger partial charge in [0.1, 0.15) is 0 Å². The van der Waals surface area contributed by atoms with Gasteiger partial charge in [-0.1, -0.05) is 18.2 Å². The maximum atomic E-state index is 8.67. The van der Waals surface area contributed by atoms with E-state index in [0.29, 0.717) is 12.3 Å². The summed E-state index contributed by atoms with van der Waals surface area (Å²) in [6, 6.07) is 10.6. The molecule has 66 valence electrons. The van der Waals surface area contributed by atoms with E-state index < -0.39 is 0 Å². The van der Waals surface area contributed by atoms with Crippen molar-refractivity contribution in [3.05, 3.63) is 29.8 Å². The normalized spacial score (nSPS) is 19.7. The molecule has 0 aromatic heterocycles. The van der Waals surface area contributed by atoms with Crippen LogP contribution in [0.25, 0.3) is 0 Å². The Labute approximate surface area is 78.4 Å². The van der Waals surface area contributed by atoms with Crippen molar-refractivity contribution in [1.29, 1.82) is 5.26 Å². The van der Waals surface area contributed by atoms with Gasteiger partial charge in [-0.05, 0) is 11.6 Å². The van der Waals surface area contributed by atoms with Crippen molar-refractivity contribution in [2.45, 2.75) is 12.3 Å². The van der Waals surface area contributed by atoms with E-state index in [1.807, 2.05) is 12.1 Å². The van der Waals surface area contributed by atoms with E-state index in [-0.39, 0.29) is 0 Å². The fourth-order valence-corrected chi connectivity index (χ4v) is 1.99. The van der Waals surface area contributed by atoms with Gasteiger partial charge >= 0.3 is 0 Å². The third-order valence-electron chi connectivity index (χ3n) is 2.62. The molecule has 1 unspecified atom stereocenters. The number of benzene rings is 1. The maximum absolute atomic E-state index is 8.67. The summed E-state index contributed by atoms with van der Waals surface area (Å²) < 4.78 is 0. The lowest BCUT2D eigenvalue weighted by molar-refractivity contribution is 0.740. The molecule has 1 aliphatic heterocycles. The van der Waals surface area contributed by atoms with E-state index in [1.165, 1.54) is 11.3 Å². The highest BCUT2D eigenvalue weighted by molar-refractivity contribution is 5.59. The minimum Gasteiger partial charge on any atom is -0.374 e. The van der Waals surface area contributed by atoms with Gasteiger partial charge in [-0.3, -0.25) is 0 Å². The molecule has 0 spiro atoms. The van der Waals surface area contributed by atoms with E-state index in [2.05, 4.69) is 30.1 Å². The van der Waals surface area contributed by atoms with E-state index in [4.69, 9.17) is 5.26 Å². The van der Waals surface area contributed by atoms with Crippen LogP contribution in [0, 0.1) is 11.3 Å². The molecule has 0 bridgehead atoms. The van der Waals surface area contributed by atoms with Gasteiger partial charge in [0.15, 0.2) is 0 Å². The van der Waals surface area contributed by atoms with Crippen LogP contribution >= 0.6 is 0 Å². The summed E-state index contributed by atoms with van der Waals surface area (Å²) in [5.74, 6) is 0.409. The standard InChI is InChI=1S/C11H12N2/c1-13-8-9(6-7-12)10-4-2-3-5-11(10)13/h2-5,9H,6,8H2,1H3. The monoisotopic (exact) mass is 172 g/mol. The molecule has 1 aromatic carbocycles. The Morgan fingerprint density at radius 1 is 1.54 bits per heavy atom. The number of likely N-dealkylation sites (N-methyl/N-ethyl adjacent to an activating group) is 1. The average molecular weight is 172 g/mol. The van der Waals surface area contributed by atoms with Crippen LogP contribution in [-0.2, 0) is 0 Å². The van der Waals surface area contributed by atoms with Crippen LogP contribution in [-0.4, -0.2) is 13.6 Å². The number of anilines is 1. The van der Waals surface area contributed by atoms with Gasteiger partial charge in [-0.2, -0.15) is 5.26 Å². The largest absolute Gasteiger partial charge is 0.374 e. The Hall–Kier alpha value is -1.49. The van der Waals surface area contributed by atoms with E-state index in [9.17, 15) is 0 Å². The summed E-state index contributed by atoms with van der Waals surface area (Å²) in [7, 11) is 2.08. The Morgan fingerprint density at radius 2 is 2.31 bits per heavy atom. The van der Waals surface area contributed by atoms with Gasteiger partial charge in [-0.25, -0.2) is 0 Å². The molecule has 2 heteroatoms. The number of rotatable bonds is 1. The minimum absolute atomic E-state index is 0.409. The topological polar surface area (TPSA) is 27.0 Å². The number of fused-ring (bicyclic) bond motifs is 1. The molecule has 0 aliphatic carbocycles. The van der Waals surface area contributed by atoms with Crippen molar-refractivity contribution in [3.63, 3.8) is 0 Å². The molecule has 2 nitrogen and oxygen atoms in total. The van der Waals surface area contributed by atoms with Crippen LogP contribution in [0.1, 0.15) is 17.9 Å². The summed E-state index contributed by atoms with van der Waals surface area (Å²) in [6.45, 7) is 0.979. The van der Waals surface area contributed by atoms with Gasteiger partial charge in [-0.15, -0.1) is 0 Å². The smallest absolute Gasteiger partial charge is 0.0628 e. The molecule has 2 rings (SSSR count). The molecule has 0 amide bonds. The summed E-state index contributed by atoms with van der Waals surface area (Å²) in [6.07, 6.45) is 0.626. The molecule has 0 saturated heterocycles. The lowest BCUT2D eigenvalue weighted by atomic mass is 9.99. The highest BCUT2D eigenvalue weighted by Crippen LogP contribution is 2.36. The van der Waals surface area contributed by atoms with E-state index in [1.54, 1.807) is 0 Å². The zero-order valence-electron chi connectivity index (χ0n) is 7.70. The van der Waals surface area contributed by atoms with Gasteiger partial charge in [0.25, 0.3) is 0 Å². The summed E-state index contributed by atoms with van der Waals surface area (Å²) in [5.41, 5.74) is 2.61. The van der Waals surface area contributed by atoms with Crippen LogP contribution in [0.2, 0.25) is 0 Å². The molecule has 0 N–H and O–H groups in total. The molecule has 0 radical (unpaired) electrons. The lowest BCUT2D eigenvalue weighted by Gasteiger charge is -2.10. The Kier molecular flexibility index (Phi) is 1.94. The van der Waals surface area contributed by atoms with E-state index in [0.717, 1.165) is 6.54 Å². The van der Waals surface area contributed by atoms with Crippen molar-refractivity contribution < 1.29 is 0 Å². The molecular formula is C11H12N2. The predicted molar refractivity (Wildman–Crippen MR) is 52.7 cm³/mol. The molecule has 1 atom stereocenters. The number of para-hydroxylation sites is 1. The second-order valence-corrected chi connectivity index (χ2v) is 3.50. The fourth-order valence-electron chi connectivity index (χ4n) is 1.99. The van der Waals surface area contributed by atoms with Gasteiger partial charge in [0, 0.05) is 31.6 Å². The SMILES string of the molecule is CN1CC(CC#N)c2ccccc21. The lowest BCUT2D eigenvalue weighted by Crippen LogP contribution is -2.14. The van der Waals surface area contributed by atoms with Crippen LogP contribution < -0.4 is 4.90 Å². The second-order valence-electron chi connectivity index (χ2n) is 3.50. The van der Waals surface area contributed by atoms with Crippen LogP contribution in [0.5, 0.6) is 0 Å². The average Bonchev–Trinajstić information content (AvgIpc) is 2.46. The number of nitriles is 1.